The van der Waals surface area contributed by atoms with Crippen molar-refractivity contribution < 1.29 is 9.32 Å². The third-order valence-electron chi connectivity index (χ3n) is 5.22. The smallest absolute Gasteiger partial charge is 0.230 e. The third-order valence-corrected chi connectivity index (χ3v) is 5.47. The molecule has 3 aromatic rings. The Labute approximate surface area is 169 Å². The summed E-state index contributed by atoms with van der Waals surface area (Å²) in [5.41, 5.74) is 3.13. The molecule has 1 aliphatic heterocycles. The predicted molar refractivity (Wildman–Crippen MR) is 108 cm³/mol. The SMILES string of the molecule is Cc1ccc(-c2noc(C3CCN(C(=O)Cc4ccc(Cl)cc4)CC3)n2)cc1. The molecule has 6 heteroatoms. The number of aromatic nitrogens is 2. The van der Waals surface area contributed by atoms with Gasteiger partial charge < -0.3 is 9.42 Å². The number of nitrogens with zero attached hydrogens (tertiary/aromatic N) is 3. The van der Waals surface area contributed by atoms with Gasteiger partial charge in [-0.3, -0.25) is 4.79 Å². The lowest BCUT2D eigenvalue weighted by Gasteiger charge is -2.30. The molecule has 1 fully saturated rings. The Kier molecular flexibility index (Phi) is 5.44. The number of hydrogen-bond acceptors (Lipinski definition) is 4. The topological polar surface area (TPSA) is 59.2 Å². The van der Waals surface area contributed by atoms with Gasteiger partial charge in [-0.1, -0.05) is 58.7 Å². The van der Waals surface area contributed by atoms with E-state index >= 15 is 0 Å². The van der Waals surface area contributed by atoms with Crippen molar-refractivity contribution in [1.29, 1.82) is 0 Å². The Morgan fingerprint density at radius 2 is 1.79 bits per heavy atom. The van der Waals surface area contributed by atoms with Gasteiger partial charge in [0.2, 0.25) is 17.6 Å². The number of likely N-dealkylation sites (tertiary alicyclic amines) is 1. The lowest BCUT2D eigenvalue weighted by molar-refractivity contribution is -0.131. The van der Waals surface area contributed by atoms with E-state index < -0.39 is 0 Å². The number of amides is 1. The summed E-state index contributed by atoms with van der Waals surface area (Å²) in [7, 11) is 0. The first-order valence-electron chi connectivity index (χ1n) is 9.51. The monoisotopic (exact) mass is 395 g/mol. The van der Waals surface area contributed by atoms with E-state index in [2.05, 4.69) is 10.1 Å². The third kappa shape index (κ3) is 4.25. The second-order valence-electron chi connectivity index (χ2n) is 7.28. The molecule has 0 unspecified atom stereocenters. The normalized spacial score (nSPS) is 15.0. The molecular formula is C22H22ClN3O2. The maximum absolute atomic E-state index is 12.6. The van der Waals surface area contributed by atoms with Crippen LogP contribution in [0.15, 0.2) is 53.1 Å². The van der Waals surface area contributed by atoms with Gasteiger partial charge in [0.1, 0.15) is 0 Å². The van der Waals surface area contributed by atoms with Gasteiger partial charge in [-0.25, -0.2) is 0 Å². The molecule has 1 amide bonds. The highest BCUT2D eigenvalue weighted by Gasteiger charge is 2.27. The van der Waals surface area contributed by atoms with E-state index in [0.717, 1.165) is 24.0 Å². The molecule has 144 valence electrons. The van der Waals surface area contributed by atoms with Crippen molar-refractivity contribution in [2.45, 2.75) is 32.1 Å². The summed E-state index contributed by atoms with van der Waals surface area (Å²) >= 11 is 5.90. The van der Waals surface area contributed by atoms with E-state index in [4.69, 9.17) is 16.1 Å². The fraction of sp³-hybridized carbons (Fsp3) is 0.318. The molecule has 1 aliphatic rings. The van der Waals surface area contributed by atoms with Crippen LogP contribution in [0.3, 0.4) is 0 Å². The molecule has 0 bridgehead atoms. The Balaban J connectivity index is 1.34. The summed E-state index contributed by atoms with van der Waals surface area (Å²) in [5, 5.41) is 4.81. The largest absolute Gasteiger partial charge is 0.342 e. The molecule has 0 spiro atoms. The van der Waals surface area contributed by atoms with Gasteiger partial charge in [0, 0.05) is 29.6 Å². The van der Waals surface area contributed by atoms with Crippen LogP contribution in [0.25, 0.3) is 11.4 Å². The lowest BCUT2D eigenvalue weighted by Crippen LogP contribution is -2.38. The summed E-state index contributed by atoms with van der Waals surface area (Å²) < 4.78 is 5.51. The minimum Gasteiger partial charge on any atom is -0.342 e. The number of benzene rings is 2. The molecule has 0 saturated carbocycles. The van der Waals surface area contributed by atoms with Crippen molar-refractivity contribution in [3.05, 3.63) is 70.6 Å². The van der Waals surface area contributed by atoms with Crippen LogP contribution in [-0.2, 0) is 11.2 Å². The van der Waals surface area contributed by atoms with Crippen molar-refractivity contribution in [3.8, 4) is 11.4 Å². The number of carbonyl (C=O) groups is 1. The van der Waals surface area contributed by atoms with Crippen molar-refractivity contribution in [2.24, 2.45) is 0 Å². The molecule has 4 rings (SSSR count). The van der Waals surface area contributed by atoms with Crippen LogP contribution in [0.5, 0.6) is 0 Å². The quantitative estimate of drug-likeness (QED) is 0.645. The van der Waals surface area contributed by atoms with Gasteiger partial charge in [-0.15, -0.1) is 0 Å². The zero-order chi connectivity index (χ0) is 19.5. The molecule has 0 aliphatic carbocycles. The van der Waals surface area contributed by atoms with Gasteiger partial charge in [0.25, 0.3) is 0 Å². The fourth-order valence-corrected chi connectivity index (χ4v) is 3.61. The molecule has 0 N–H and O–H groups in total. The van der Waals surface area contributed by atoms with Gasteiger partial charge in [-0.2, -0.15) is 4.98 Å². The van der Waals surface area contributed by atoms with Crippen LogP contribution >= 0.6 is 11.6 Å². The minimum absolute atomic E-state index is 0.145. The number of hydrogen-bond donors (Lipinski definition) is 0. The maximum Gasteiger partial charge on any atom is 0.230 e. The van der Waals surface area contributed by atoms with Crippen molar-refractivity contribution in [3.63, 3.8) is 0 Å². The van der Waals surface area contributed by atoms with Gasteiger partial charge >= 0.3 is 0 Å². The van der Waals surface area contributed by atoms with E-state index in [1.165, 1.54) is 5.56 Å². The number of carbonyl (C=O) groups excluding carboxylic acids is 1. The zero-order valence-electron chi connectivity index (χ0n) is 15.8. The molecule has 2 heterocycles. The number of rotatable bonds is 4. The average Bonchev–Trinajstić information content (AvgIpc) is 3.20. The van der Waals surface area contributed by atoms with E-state index in [1.807, 2.05) is 60.4 Å². The van der Waals surface area contributed by atoms with E-state index in [-0.39, 0.29) is 11.8 Å². The van der Waals surface area contributed by atoms with Crippen LogP contribution in [0.2, 0.25) is 5.02 Å². The summed E-state index contributed by atoms with van der Waals surface area (Å²) in [5.74, 6) is 1.63. The van der Waals surface area contributed by atoms with Crippen molar-refractivity contribution in [2.75, 3.05) is 13.1 Å². The molecule has 1 saturated heterocycles. The van der Waals surface area contributed by atoms with Gasteiger partial charge in [0.05, 0.1) is 6.42 Å². The molecule has 2 aromatic carbocycles. The maximum atomic E-state index is 12.6. The second kappa shape index (κ2) is 8.15. The Hall–Kier alpha value is -2.66. The highest BCUT2D eigenvalue weighted by Crippen LogP contribution is 2.29. The molecule has 5 nitrogen and oxygen atoms in total. The van der Waals surface area contributed by atoms with Crippen LogP contribution in [-0.4, -0.2) is 34.0 Å². The molecule has 0 radical (unpaired) electrons. The zero-order valence-corrected chi connectivity index (χ0v) is 16.5. The van der Waals surface area contributed by atoms with E-state index in [9.17, 15) is 4.79 Å². The summed E-state index contributed by atoms with van der Waals surface area (Å²) in [4.78, 5) is 19.1. The fourth-order valence-electron chi connectivity index (χ4n) is 3.49. The Morgan fingerprint density at radius 3 is 2.46 bits per heavy atom. The molecule has 1 aromatic heterocycles. The summed E-state index contributed by atoms with van der Waals surface area (Å²) in [6.45, 7) is 3.46. The number of piperidine rings is 1. The minimum atomic E-state index is 0.145. The van der Waals surface area contributed by atoms with Gasteiger partial charge in [-0.05, 0) is 37.5 Å². The molecule has 28 heavy (non-hydrogen) atoms. The van der Waals surface area contributed by atoms with Gasteiger partial charge in [0.15, 0.2) is 0 Å². The second-order valence-corrected chi connectivity index (χ2v) is 7.72. The van der Waals surface area contributed by atoms with E-state index in [0.29, 0.717) is 36.2 Å². The number of halogens is 1. The average molecular weight is 396 g/mol. The first kappa shape index (κ1) is 18.7. The van der Waals surface area contributed by atoms with Crippen LogP contribution in [0.1, 0.15) is 35.8 Å². The molecular weight excluding hydrogens is 374 g/mol. The first-order valence-corrected chi connectivity index (χ1v) is 9.89. The molecule has 0 atom stereocenters. The van der Waals surface area contributed by atoms with Crippen LogP contribution in [0, 0.1) is 6.92 Å². The number of aryl methyl sites for hydroxylation is 1. The van der Waals surface area contributed by atoms with Crippen molar-refractivity contribution >= 4 is 17.5 Å². The van der Waals surface area contributed by atoms with E-state index in [1.54, 1.807) is 0 Å². The first-order chi connectivity index (χ1) is 13.6. The van der Waals surface area contributed by atoms with Crippen LogP contribution < -0.4 is 0 Å². The Morgan fingerprint density at radius 1 is 1.11 bits per heavy atom. The predicted octanol–water partition coefficient (Wildman–Crippen LogP) is 4.65. The van der Waals surface area contributed by atoms with Crippen LogP contribution in [0.4, 0.5) is 0 Å². The van der Waals surface area contributed by atoms with Crippen molar-refractivity contribution in [1.82, 2.24) is 15.0 Å². The Bertz CT molecular complexity index is 943. The highest BCUT2D eigenvalue weighted by atomic mass is 35.5. The summed E-state index contributed by atoms with van der Waals surface area (Å²) in [6, 6.07) is 15.5. The summed E-state index contributed by atoms with van der Waals surface area (Å²) in [6.07, 6.45) is 2.07. The standard InChI is InChI=1S/C22H22ClN3O2/c1-15-2-6-17(7-3-15)21-24-22(28-25-21)18-10-12-26(13-11-18)20(27)14-16-4-8-19(23)9-5-16/h2-9,18H,10-14H2,1H3. The lowest BCUT2D eigenvalue weighted by atomic mass is 9.96. The highest BCUT2D eigenvalue weighted by molar-refractivity contribution is 6.30.